The average molecular weight is 415 g/mol. The van der Waals surface area contributed by atoms with Crippen LogP contribution in [0.5, 0.6) is 11.5 Å². The monoisotopic (exact) mass is 415 g/mol. The van der Waals surface area contributed by atoms with Gasteiger partial charge in [-0.3, -0.25) is 4.79 Å². The van der Waals surface area contributed by atoms with E-state index in [1.807, 2.05) is 54.6 Å². The summed E-state index contributed by atoms with van der Waals surface area (Å²) < 4.78 is 12.5. The molecule has 0 saturated carbocycles. The third-order valence-corrected chi connectivity index (χ3v) is 4.96. The lowest BCUT2D eigenvalue weighted by atomic mass is 10.1. The maximum Gasteiger partial charge on any atom is 0.375 e. The van der Waals surface area contributed by atoms with Gasteiger partial charge in [0.2, 0.25) is 5.78 Å². The first kappa shape index (κ1) is 18.7. The standard InChI is InChI=1S/C22H17N5O4/c23-20-18-19(13-6-8-15(9-7-13)30-14-4-2-1-3-5-14)26-27(21(18)25-12-24-20)11-16-10-17(28)22(29)31-16/h1-9,12,16H,10-11H2,(H2,23,24,25)/t16-/m0/s1. The van der Waals surface area contributed by atoms with Gasteiger partial charge in [-0.1, -0.05) is 18.2 Å². The Labute approximate surface area is 176 Å². The molecule has 9 nitrogen and oxygen atoms in total. The summed E-state index contributed by atoms with van der Waals surface area (Å²) in [6, 6.07) is 16.9. The number of ether oxygens (including phenoxy) is 2. The molecule has 1 saturated heterocycles. The maximum atomic E-state index is 11.5. The van der Waals surface area contributed by atoms with Crippen LogP contribution in [0.15, 0.2) is 60.9 Å². The number of hydrogen-bond donors (Lipinski definition) is 1. The highest BCUT2D eigenvalue weighted by atomic mass is 16.6. The molecule has 0 amide bonds. The Morgan fingerprint density at radius 1 is 1.03 bits per heavy atom. The summed E-state index contributed by atoms with van der Waals surface area (Å²) in [7, 11) is 0. The van der Waals surface area contributed by atoms with E-state index in [0.717, 1.165) is 11.3 Å². The van der Waals surface area contributed by atoms with Gasteiger partial charge in [0.05, 0.1) is 18.4 Å². The summed E-state index contributed by atoms with van der Waals surface area (Å²) in [6.45, 7) is 0.194. The van der Waals surface area contributed by atoms with Gasteiger partial charge in [0, 0.05) is 5.56 Å². The van der Waals surface area contributed by atoms with Crippen molar-refractivity contribution in [2.45, 2.75) is 19.1 Å². The van der Waals surface area contributed by atoms with E-state index in [0.29, 0.717) is 22.5 Å². The Morgan fingerprint density at radius 3 is 2.48 bits per heavy atom. The van der Waals surface area contributed by atoms with Crippen molar-refractivity contribution < 1.29 is 19.1 Å². The van der Waals surface area contributed by atoms with Gasteiger partial charge in [-0.05, 0) is 36.4 Å². The average Bonchev–Trinajstić information content (AvgIpc) is 3.30. The SMILES string of the molecule is Nc1ncnc2c1c(-c1ccc(Oc3ccccc3)cc1)nn2C[C@@H]1CC(=O)C(=O)O1. The molecule has 2 N–H and O–H groups in total. The Hall–Kier alpha value is -4.27. The minimum atomic E-state index is -0.815. The molecule has 0 unspecified atom stereocenters. The third-order valence-electron chi connectivity index (χ3n) is 4.96. The van der Waals surface area contributed by atoms with Crippen molar-refractivity contribution in [1.82, 2.24) is 19.7 Å². The van der Waals surface area contributed by atoms with Gasteiger partial charge in [-0.2, -0.15) is 5.10 Å². The number of carbonyl (C=O) groups excluding carboxylic acids is 2. The van der Waals surface area contributed by atoms with Crippen LogP contribution in [0.4, 0.5) is 5.82 Å². The first-order chi connectivity index (χ1) is 15.1. The summed E-state index contributed by atoms with van der Waals surface area (Å²) in [6.07, 6.45) is 0.776. The third kappa shape index (κ3) is 3.57. The van der Waals surface area contributed by atoms with Crippen molar-refractivity contribution in [3.63, 3.8) is 0 Å². The molecule has 0 aliphatic carbocycles. The molecule has 154 valence electrons. The second-order valence-electron chi connectivity index (χ2n) is 7.08. The van der Waals surface area contributed by atoms with E-state index >= 15 is 0 Å². The molecule has 31 heavy (non-hydrogen) atoms. The topological polar surface area (TPSA) is 122 Å². The van der Waals surface area contributed by atoms with Crippen molar-refractivity contribution >= 4 is 28.6 Å². The number of ketones is 1. The number of esters is 1. The smallest absolute Gasteiger partial charge is 0.375 e. The van der Waals surface area contributed by atoms with Gasteiger partial charge < -0.3 is 15.2 Å². The minimum absolute atomic E-state index is 0.0155. The Balaban J connectivity index is 1.48. The second-order valence-corrected chi connectivity index (χ2v) is 7.08. The van der Waals surface area contributed by atoms with Gasteiger partial charge in [-0.25, -0.2) is 19.4 Å². The largest absolute Gasteiger partial charge is 0.457 e. The van der Waals surface area contributed by atoms with Crippen LogP contribution in [0.25, 0.3) is 22.3 Å². The number of nitrogens with zero attached hydrogens (tertiary/aromatic N) is 4. The summed E-state index contributed by atoms with van der Waals surface area (Å²) in [5.74, 6) is 0.354. The molecular weight excluding hydrogens is 398 g/mol. The molecule has 9 heteroatoms. The number of fused-ring (bicyclic) bond motifs is 1. The molecule has 1 fully saturated rings. The van der Waals surface area contributed by atoms with Crippen molar-refractivity contribution in [2.24, 2.45) is 0 Å². The Kier molecular flexibility index (Phi) is 4.55. The predicted molar refractivity (Wildman–Crippen MR) is 111 cm³/mol. The summed E-state index contributed by atoms with van der Waals surface area (Å²) in [5, 5.41) is 5.23. The fourth-order valence-corrected chi connectivity index (χ4v) is 3.51. The molecule has 0 radical (unpaired) electrons. The fourth-order valence-electron chi connectivity index (χ4n) is 3.51. The molecule has 3 heterocycles. The zero-order valence-electron chi connectivity index (χ0n) is 16.3. The molecule has 1 atom stereocenters. The first-order valence-corrected chi connectivity index (χ1v) is 9.62. The molecule has 4 aromatic rings. The van der Waals surface area contributed by atoms with E-state index in [9.17, 15) is 9.59 Å². The van der Waals surface area contributed by atoms with Crippen LogP contribution in [0.3, 0.4) is 0 Å². The highest BCUT2D eigenvalue weighted by Gasteiger charge is 2.33. The van der Waals surface area contributed by atoms with Crippen LogP contribution < -0.4 is 10.5 Å². The van der Waals surface area contributed by atoms with Crippen LogP contribution in [0.2, 0.25) is 0 Å². The molecule has 2 aromatic heterocycles. The number of rotatable bonds is 5. The zero-order chi connectivity index (χ0) is 21.4. The van der Waals surface area contributed by atoms with Gasteiger partial charge in [0.25, 0.3) is 0 Å². The normalized spacial score (nSPS) is 15.9. The van der Waals surface area contributed by atoms with E-state index in [1.54, 1.807) is 4.68 Å². The number of nitrogens with two attached hydrogens (primary N) is 1. The van der Waals surface area contributed by atoms with E-state index in [4.69, 9.17) is 15.2 Å². The lowest BCUT2D eigenvalue weighted by molar-refractivity contribution is -0.149. The highest BCUT2D eigenvalue weighted by molar-refractivity contribution is 6.35. The molecule has 5 rings (SSSR count). The van der Waals surface area contributed by atoms with Gasteiger partial charge in [0.15, 0.2) is 5.65 Å². The molecule has 1 aliphatic rings. The Bertz CT molecular complexity index is 1270. The lowest BCUT2D eigenvalue weighted by Gasteiger charge is -2.08. The van der Waals surface area contributed by atoms with Crippen molar-refractivity contribution in [3.05, 3.63) is 60.9 Å². The van der Waals surface area contributed by atoms with E-state index in [2.05, 4.69) is 15.1 Å². The number of cyclic esters (lactones) is 1. The Morgan fingerprint density at radius 2 is 1.77 bits per heavy atom. The van der Waals surface area contributed by atoms with E-state index in [-0.39, 0.29) is 18.8 Å². The summed E-state index contributed by atoms with van der Waals surface area (Å²) >= 11 is 0. The van der Waals surface area contributed by atoms with Crippen LogP contribution >= 0.6 is 0 Å². The summed E-state index contributed by atoms with van der Waals surface area (Å²) in [5.41, 5.74) is 8.01. The molecule has 1 aliphatic heterocycles. The number of aromatic nitrogens is 4. The van der Waals surface area contributed by atoms with Crippen LogP contribution in [-0.4, -0.2) is 37.6 Å². The van der Waals surface area contributed by atoms with E-state index in [1.165, 1.54) is 6.33 Å². The number of benzene rings is 2. The molecular formula is C22H17N5O4. The van der Waals surface area contributed by atoms with Crippen molar-refractivity contribution in [3.8, 4) is 22.8 Å². The number of anilines is 1. The number of nitrogen functional groups attached to an aromatic ring is 1. The lowest BCUT2D eigenvalue weighted by Crippen LogP contribution is -2.17. The summed E-state index contributed by atoms with van der Waals surface area (Å²) in [4.78, 5) is 31.3. The second kappa shape index (κ2) is 7.52. The van der Waals surface area contributed by atoms with Crippen molar-refractivity contribution in [1.29, 1.82) is 0 Å². The van der Waals surface area contributed by atoms with Crippen LogP contribution in [-0.2, 0) is 20.9 Å². The highest BCUT2D eigenvalue weighted by Crippen LogP contribution is 2.32. The van der Waals surface area contributed by atoms with Gasteiger partial charge in [-0.15, -0.1) is 0 Å². The van der Waals surface area contributed by atoms with Crippen LogP contribution in [0.1, 0.15) is 6.42 Å². The first-order valence-electron chi connectivity index (χ1n) is 9.62. The zero-order valence-corrected chi connectivity index (χ0v) is 16.3. The van der Waals surface area contributed by atoms with Crippen LogP contribution in [0, 0.1) is 0 Å². The number of para-hydroxylation sites is 1. The quantitative estimate of drug-likeness (QED) is 0.390. The van der Waals surface area contributed by atoms with E-state index < -0.39 is 17.9 Å². The number of Topliss-reactive ketones (excluding diaryl/α,β-unsaturated/α-hetero) is 1. The molecule has 2 aromatic carbocycles. The predicted octanol–water partition coefficient (Wildman–Crippen LogP) is 2.75. The number of hydrogen-bond acceptors (Lipinski definition) is 8. The maximum absolute atomic E-state index is 11.5. The number of carbonyl (C=O) groups is 2. The van der Waals surface area contributed by atoms with Gasteiger partial charge in [0.1, 0.15) is 35.4 Å². The van der Waals surface area contributed by atoms with Crippen molar-refractivity contribution in [2.75, 3.05) is 5.73 Å². The minimum Gasteiger partial charge on any atom is -0.457 e. The molecule has 0 spiro atoms. The van der Waals surface area contributed by atoms with Gasteiger partial charge >= 0.3 is 5.97 Å². The molecule has 0 bridgehead atoms. The fraction of sp³-hybridized carbons (Fsp3) is 0.136.